The third-order valence-corrected chi connectivity index (χ3v) is 12.8. The fraction of sp³-hybridized carbons (Fsp3) is 0.395. The van der Waals surface area contributed by atoms with Gasteiger partial charge in [0.15, 0.2) is 0 Å². The van der Waals surface area contributed by atoms with E-state index in [-0.39, 0.29) is 35.1 Å². The first-order valence-electron chi connectivity index (χ1n) is 16.7. The number of nitrogens with zero attached hydrogens (tertiary/aromatic N) is 2. The van der Waals surface area contributed by atoms with E-state index in [0.717, 1.165) is 22.4 Å². The molecule has 3 rings (SSSR count). The summed E-state index contributed by atoms with van der Waals surface area (Å²) in [5.74, 6) is -0.423. The SMILES string of the molecule is C=C(/C=C/C=C/C=C/C=C1/N(CCCS(=O)(=O)O)c2ccc(S(=O)(=O)O)cc2C1(C)C)C(C)(C)c1cc(S(=O)(=O)N(C)CCCC(C)=O)ccc1C. The van der Waals surface area contributed by atoms with Crippen molar-refractivity contribution >= 4 is 41.7 Å². The zero-order valence-corrected chi connectivity index (χ0v) is 33.3. The number of ketones is 1. The molecule has 0 atom stereocenters. The smallest absolute Gasteiger partial charge is 0.294 e. The molecule has 0 saturated carbocycles. The average molecular weight is 775 g/mol. The van der Waals surface area contributed by atoms with E-state index in [1.165, 1.54) is 30.4 Å². The average Bonchev–Trinajstić information content (AvgIpc) is 3.23. The molecule has 0 aliphatic carbocycles. The summed E-state index contributed by atoms with van der Waals surface area (Å²) in [5, 5.41) is 0. The van der Waals surface area contributed by atoms with Gasteiger partial charge in [-0.1, -0.05) is 76.8 Å². The Bertz CT molecular complexity index is 2140. The Labute approximate surface area is 309 Å². The Balaban J connectivity index is 1.80. The van der Waals surface area contributed by atoms with Gasteiger partial charge in [0, 0.05) is 48.8 Å². The van der Waals surface area contributed by atoms with Gasteiger partial charge in [-0.25, -0.2) is 12.7 Å². The van der Waals surface area contributed by atoms with Crippen LogP contribution in [0.4, 0.5) is 5.69 Å². The Morgan fingerprint density at radius 2 is 1.54 bits per heavy atom. The summed E-state index contributed by atoms with van der Waals surface area (Å²) in [5.41, 5.74) is 3.26. The number of hydrogen-bond donors (Lipinski definition) is 2. The van der Waals surface area contributed by atoms with Crippen LogP contribution in [-0.2, 0) is 45.9 Å². The molecular weight excluding hydrogens is 725 g/mol. The van der Waals surface area contributed by atoms with Gasteiger partial charge in [-0.2, -0.15) is 16.8 Å². The number of Topliss-reactive ketones (excluding diaryl/α,β-unsaturated/α-hetero) is 1. The fourth-order valence-electron chi connectivity index (χ4n) is 6.14. The van der Waals surface area contributed by atoms with Crippen LogP contribution in [0.5, 0.6) is 0 Å². The number of anilines is 1. The van der Waals surface area contributed by atoms with Gasteiger partial charge in [0.1, 0.15) is 5.78 Å². The number of benzene rings is 2. The lowest BCUT2D eigenvalue weighted by atomic mass is 9.76. The largest absolute Gasteiger partial charge is 0.344 e. The van der Waals surface area contributed by atoms with E-state index in [1.807, 2.05) is 69.9 Å². The number of carbonyl (C=O) groups excluding carboxylic acids is 1. The van der Waals surface area contributed by atoms with Gasteiger partial charge in [0.2, 0.25) is 10.0 Å². The van der Waals surface area contributed by atoms with E-state index in [4.69, 9.17) is 0 Å². The van der Waals surface area contributed by atoms with Crippen LogP contribution in [-0.4, -0.2) is 70.3 Å². The molecule has 0 spiro atoms. The number of sulfonamides is 1. The zero-order chi connectivity index (χ0) is 39.3. The maximum atomic E-state index is 13.3. The van der Waals surface area contributed by atoms with Crippen molar-refractivity contribution in [2.75, 3.05) is 30.8 Å². The van der Waals surface area contributed by atoms with Crippen LogP contribution in [0, 0.1) is 6.92 Å². The second-order valence-corrected chi connectivity index (χ2v) is 19.0. The number of allylic oxidation sites excluding steroid dienone is 9. The Morgan fingerprint density at radius 3 is 2.15 bits per heavy atom. The zero-order valence-electron chi connectivity index (χ0n) is 30.8. The summed E-state index contributed by atoms with van der Waals surface area (Å²) >= 11 is 0. The molecule has 0 amide bonds. The van der Waals surface area contributed by atoms with Crippen molar-refractivity contribution < 1.29 is 39.2 Å². The highest BCUT2D eigenvalue weighted by Gasteiger charge is 2.40. The second kappa shape index (κ2) is 16.6. The molecule has 1 aliphatic rings. The highest BCUT2D eigenvalue weighted by Crippen LogP contribution is 2.48. The molecule has 2 aromatic carbocycles. The van der Waals surface area contributed by atoms with Crippen molar-refractivity contribution in [1.29, 1.82) is 0 Å². The van der Waals surface area contributed by atoms with Crippen LogP contribution >= 0.6 is 0 Å². The first-order chi connectivity index (χ1) is 23.9. The molecule has 11 nitrogen and oxygen atoms in total. The quantitative estimate of drug-likeness (QED) is 0.131. The molecule has 0 unspecified atom stereocenters. The maximum absolute atomic E-state index is 13.3. The molecule has 284 valence electrons. The molecule has 1 heterocycles. The van der Waals surface area contributed by atoms with Gasteiger partial charge in [-0.05, 0) is 85.4 Å². The number of hydrogen-bond acceptors (Lipinski definition) is 8. The van der Waals surface area contributed by atoms with E-state index >= 15 is 0 Å². The molecule has 1 aliphatic heterocycles. The standard InChI is InChI=1S/C38H50N2O9S3/c1-28-19-20-31(51(45,46)39(8)23-14-17-30(3)41)26-33(28)37(4,5)29(2)16-12-10-9-11-13-18-36-38(6,7)34-27-32(52(47,48)49)21-22-35(34)40(36)24-15-25-50(42,43)44/h9-13,16,18-22,26-27H,2,14-15,17,23-25H2,1,3-8H3,(H,42,43,44)(H,47,48,49)/b10-9+,13-11+,16-12+,36-18+. The van der Waals surface area contributed by atoms with E-state index in [9.17, 15) is 39.2 Å². The number of rotatable bonds is 17. The Hall–Kier alpha value is -3.66. The molecular formula is C38H50N2O9S3. The third kappa shape index (κ3) is 10.5. The topological polar surface area (TPSA) is 166 Å². The molecule has 14 heteroatoms. The lowest BCUT2D eigenvalue weighted by Gasteiger charge is -2.29. The van der Waals surface area contributed by atoms with Crippen LogP contribution in [0.2, 0.25) is 0 Å². The first-order valence-corrected chi connectivity index (χ1v) is 21.2. The van der Waals surface area contributed by atoms with Gasteiger partial charge in [-0.3, -0.25) is 9.11 Å². The summed E-state index contributed by atoms with van der Waals surface area (Å²) in [4.78, 5) is 13.1. The summed E-state index contributed by atoms with van der Waals surface area (Å²) in [7, 11) is -10.9. The molecule has 0 bridgehead atoms. The van der Waals surface area contributed by atoms with Crippen LogP contribution in [0.1, 0.15) is 70.6 Å². The van der Waals surface area contributed by atoms with E-state index in [1.54, 1.807) is 36.4 Å². The lowest BCUT2D eigenvalue weighted by Crippen LogP contribution is -2.29. The van der Waals surface area contributed by atoms with Crippen molar-refractivity contribution in [3.63, 3.8) is 0 Å². The van der Waals surface area contributed by atoms with Crippen LogP contribution in [0.3, 0.4) is 0 Å². The number of aryl methyl sites for hydroxylation is 1. The monoisotopic (exact) mass is 774 g/mol. The molecule has 0 aromatic heterocycles. The normalized spacial score (nSPS) is 16.2. The molecule has 2 aromatic rings. The third-order valence-electron chi connectivity index (χ3n) is 9.34. The molecule has 52 heavy (non-hydrogen) atoms. The highest BCUT2D eigenvalue weighted by atomic mass is 32.2. The molecule has 0 radical (unpaired) electrons. The minimum absolute atomic E-state index is 0.0146. The van der Waals surface area contributed by atoms with Gasteiger partial charge in [-0.15, -0.1) is 0 Å². The molecule has 0 fully saturated rings. The van der Waals surface area contributed by atoms with Crippen LogP contribution in [0.15, 0.2) is 107 Å². The Kier molecular flexibility index (Phi) is 13.6. The summed E-state index contributed by atoms with van der Waals surface area (Å²) in [6.45, 7) is 15.9. The van der Waals surface area contributed by atoms with Crippen molar-refractivity contribution in [3.05, 3.63) is 113 Å². The van der Waals surface area contributed by atoms with Crippen LogP contribution in [0.25, 0.3) is 0 Å². The van der Waals surface area contributed by atoms with Crippen molar-refractivity contribution in [3.8, 4) is 0 Å². The van der Waals surface area contributed by atoms with Crippen molar-refractivity contribution in [2.45, 2.75) is 81.4 Å². The summed E-state index contributed by atoms with van der Waals surface area (Å²) in [6.07, 6.45) is 13.7. The first kappa shape index (κ1) is 42.8. The predicted molar refractivity (Wildman–Crippen MR) is 206 cm³/mol. The number of fused-ring (bicyclic) bond motifs is 1. The predicted octanol–water partition coefficient (Wildman–Crippen LogP) is 6.69. The summed E-state index contributed by atoms with van der Waals surface area (Å²) < 4.78 is 93.3. The van der Waals surface area contributed by atoms with E-state index in [0.29, 0.717) is 24.1 Å². The fourth-order valence-corrected chi connectivity index (χ4v) is 8.38. The van der Waals surface area contributed by atoms with Crippen molar-refractivity contribution in [2.24, 2.45) is 0 Å². The molecule has 2 N–H and O–H groups in total. The lowest BCUT2D eigenvalue weighted by molar-refractivity contribution is -0.117. The van der Waals surface area contributed by atoms with Gasteiger partial charge in [0.25, 0.3) is 20.2 Å². The molecule has 0 saturated heterocycles. The highest BCUT2D eigenvalue weighted by molar-refractivity contribution is 7.89. The van der Waals surface area contributed by atoms with Gasteiger partial charge >= 0.3 is 0 Å². The maximum Gasteiger partial charge on any atom is 0.294 e. The van der Waals surface area contributed by atoms with Crippen LogP contribution < -0.4 is 4.90 Å². The minimum Gasteiger partial charge on any atom is -0.344 e. The van der Waals surface area contributed by atoms with E-state index < -0.39 is 46.8 Å². The van der Waals surface area contributed by atoms with Crippen molar-refractivity contribution in [1.82, 2.24) is 4.31 Å². The number of carbonyl (C=O) groups is 1. The summed E-state index contributed by atoms with van der Waals surface area (Å²) in [6, 6.07) is 9.35. The van der Waals surface area contributed by atoms with Gasteiger partial charge < -0.3 is 9.69 Å². The second-order valence-electron chi connectivity index (χ2n) is 14.0. The Morgan fingerprint density at radius 1 is 0.923 bits per heavy atom. The minimum atomic E-state index is -4.45. The van der Waals surface area contributed by atoms with E-state index in [2.05, 4.69) is 6.58 Å². The van der Waals surface area contributed by atoms with Gasteiger partial charge in [0.05, 0.1) is 15.5 Å².